The third-order valence-electron chi connectivity index (χ3n) is 1.62. The molecule has 2 nitrogen and oxygen atoms in total. The van der Waals surface area contributed by atoms with Crippen molar-refractivity contribution >= 4 is 47.8 Å². The van der Waals surface area contributed by atoms with Crippen molar-refractivity contribution in [3.05, 3.63) is 22.2 Å². The summed E-state index contributed by atoms with van der Waals surface area (Å²) >= 11 is 10.2. The summed E-state index contributed by atoms with van der Waals surface area (Å²) in [6.45, 7) is 0. The molecule has 0 unspecified atom stereocenters. The normalized spacial score (nSPS) is 10.4. The summed E-state index contributed by atoms with van der Waals surface area (Å²) in [4.78, 5) is 0. The molecular formula is C9H8Br3O2. The average molecular weight is 388 g/mol. The molecule has 0 aliphatic rings. The van der Waals surface area contributed by atoms with Crippen LogP contribution in [-0.4, -0.2) is 14.2 Å². The molecule has 14 heavy (non-hydrogen) atoms. The highest BCUT2D eigenvalue weighted by molar-refractivity contribution is 9.24. The van der Waals surface area contributed by atoms with E-state index in [1.54, 1.807) is 14.2 Å². The molecule has 0 atom stereocenters. The first kappa shape index (κ1) is 12.3. The van der Waals surface area contributed by atoms with Crippen LogP contribution in [-0.2, 0) is 0 Å². The van der Waals surface area contributed by atoms with Gasteiger partial charge in [0.05, 0.1) is 22.4 Å². The van der Waals surface area contributed by atoms with Crippen molar-refractivity contribution in [2.45, 2.75) is 3.74 Å². The second kappa shape index (κ2) is 5.37. The van der Waals surface area contributed by atoms with Crippen LogP contribution in [0, 0.1) is 6.07 Å². The minimum atomic E-state index is 0.0473. The molecule has 0 bridgehead atoms. The van der Waals surface area contributed by atoms with Crippen LogP contribution >= 0.6 is 47.8 Å². The van der Waals surface area contributed by atoms with Gasteiger partial charge in [-0.15, -0.1) is 0 Å². The van der Waals surface area contributed by atoms with Gasteiger partial charge >= 0.3 is 0 Å². The van der Waals surface area contributed by atoms with Gasteiger partial charge in [-0.05, 0) is 27.6 Å². The zero-order valence-electron chi connectivity index (χ0n) is 7.61. The summed E-state index contributed by atoms with van der Waals surface area (Å²) in [5.41, 5.74) is 0.939. The molecule has 0 fully saturated rings. The van der Waals surface area contributed by atoms with Crippen LogP contribution in [0.2, 0.25) is 0 Å². The highest BCUT2D eigenvalue weighted by Crippen LogP contribution is 2.40. The Morgan fingerprint density at radius 2 is 1.93 bits per heavy atom. The van der Waals surface area contributed by atoms with Gasteiger partial charge in [-0.25, -0.2) is 0 Å². The van der Waals surface area contributed by atoms with E-state index in [9.17, 15) is 0 Å². The summed E-state index contributed by atoms with van der Waals surface area (Å²) in [5, 5.41) is 0. The first-order valence-corrected chi connectivity index (χ1v) is 6.34. The summed E-state index contributed by atoms with van der Waals surface area (Å²) in [6.07, 6.45) is 0. The van der Waals surface area contributed by atoms with Gasteiger partial charge in [0, 0.05) is 6.07 Å². The van der Waals surface area contributed by atoms with Crippen LogP contribution in [0.3, 0.4) is 0 Å². The zero-order valence-corrected chi connectivity index (χ0v) is 12.4. The Hall–Kier alpha value is 0.260. The van der Waals surface area contributed by atoms with Crippen LogP contribution in [0.4, 0.5) is 0 Å². The summed E-state index contributed by atoms with van der Waals surface area (Å²) in [7, 11) is 3.20. The number of methoxy groups -OCH3 is 2. The summed E-state index contributed by atoms with van der Waals surface area (Å²) < 4.78 is 11.2. The van der Waals surface area contributed by atoms with Crippen molar-refractivity contribution in [1.82, 2.24) is 0 Å². The maximum absolute atomic E-state index is 5.19. The molecule has 1 aromatic carbocycles. The Balaban J connectivity index is 3.24. The predicted molar refractivity (Wildman–Crippen MR) is 66.7 cm³/mol. The largest absolute Gasteiger partial charge is 0.493 e. The van der Waals surface area contributed by atoms with Gasteiger partial charge in [-0.1, -0.05) is 31.9 Å². The number of halogens is 3. The number of alkyl halides is 2. The lowest BCUT2D eigenvalue weighted by atomic mass is 10.2. The fraction of sp³-hybridized carbons (Fsp3) is 0.333. The number of hydrogen-bond acceptors (Lipinski definition) is 2. The molecule has 0 amide bonds. The lowest BCUT2D eigenvalue weighted by Gasteiger charge is -2.11. The molecule has 0 heterocycles. The number of hydrogen-bond donors (Lipinski definition) is 0. The third-order valence-corrected chi connectivity index (χ3v) is 3.17. The Kier molecular flexibility index (Phi) is 4.73. The quantitative estimate of drug-likeness (QED) is 0.728. The highest BCUT2D eigenvalue weighted by atomic mass is 79.9. The molecule has 5 heteroatoms. The van der Waals surface area contributed by atoms with Gasteiger partial charge in [0.2, 0.25) is 0 Å². The van der Waals surface area contributed by atoms with Crippen LogP contribution in [0.5, 0.6) is 11.5 Å². The zero-order chi connectivity index (χ0) is 10.7. The minimum absolute atomic E-state index is 0.0473. The van der Waals surface area contributed by atoms with Crippen molar-refractivity contribution in [1.29, 1.82) is 0 Å². The SMILES string of the molecule is COc1cc(C(Br)Br)[c]c(Br)c1OC. The standard InChI is InChI=1S/C9H8Br3O2/c1-13-7-4-5(9(11)12)3-6(10)8(7)14-2/h4,9H,1-2H3. The van der Waals surface area contributed by atoms with Gasteiger partial charge in [0.25, 0.3) is 0 Å². The maximum Gasteiger partial charge on any atom is 0.175 e. The second-order valence-electron chi connectivity index (χ2n) is 2.44. The lowest BCUT2D eigenvalue weighted by Crippen LogP contribution is -1.94. The van der Waals surface area contributed by atoms with Crippen molar-refractivity contribution in [3.63, 3.8) is 0 Å². The molecule has 0 aromatic heterocycles. The smallest absolute Gasteiger partial charge is 0.175 e. The number of rotatable bonds is 3. The maximum atomic E-state index is 5.19. The Morgan fingerprint density at radius 3 is 2.36 bits per heavy atom. The van der Waals surface area contributed by atoms with E-state index in [2.05, 4.69) is 53.9 Å². The molecule has 0 aliphatic carbocycles. The van der Waals surface area contributed by atoms with Crippen LogP contribution in [0.25, 0.3) is 0 Å². The van der Waals surface area contributed by atoms with Crippen LogP contribution in [0.1, 0.15) is 9.30 Å². The molecule has 1 radical (unpaired) electrons. The topological polar surface area (TPSA) is 18.5 Å². The molecule has 0 aliphatic heterocycles. The van der Waals surface area contributed by atoms with E-state index in [4.69, 9.17) is 9.47 Å². The average Bonchev–Trinajstić information content (AvgIpc) is 2.16. The molecule has 0 N–H and O–H groups in total. The van der Waals surface area contributed by atoms with E-state index in [1.807, 2.05) is 6.07 Å². The molecule has 0 saturated heterocycles. The van der Waals surface area contributed by atoms with Crippen molar-refractivity contribution in [2.75, 3.05) is 14.2 Å². The van der Waals surface area contributed by atoms with E-state index in [1.165, 1.54) is 0 Å². The summed E-state index contributed by atoms with van der Waals surface area (Å²) in [6, 6.07) is 4.98. The summed E-state index contributed by atoms with van der Waals surface area (Å²) in [5.74, 6) is 1.33. The molecule has 77 valence electrons. The van der Waals surface area contributed by atoms with E-state index >= 15 is 0 Å². The van der Waals surface area contributed by atoms with Gasteiger partial charge in [0.1, 0.15) is 0 Å². The van der Waals surface area contributed by atoms with Gasteiger partial charge in [-0.2, -0.15) is 0 Å². The fourth-order valence-corrected chi connectivity index (χ4v) is 2.07. The number of benzene rings is 1. The third kappa shape index (κ3) is 2.64. The van der Waals surface area contributed by atoms with E-state index in [0.717, 1.165) is 10.0 Å². The van der Waals surface area contributed by atoms with Crippen molar-refractivity contribution < 1.29 is 9.47 Å². The molecule has 0 spiro atoms. The van der Waals surface area contributed by atoms with Crippen LogP contribution in [0.15, 0.2) is 10.5 Å². The lowest BCUT2D eigenvalue weighted by molar-refractivity contribution is 0.352. The van der Waals surface area contributed by atoms with E-state index < -0.39 is 0 Å². The second-order valence-corrected chi connectivity index (χ2v) is 6.29. The Bertz CT molecular complexity index is 326. The Morgan fingerprint density at radius 1 is 1.29 bits per heavy atom. The van der Waals surface area contributed by atoms with Crippen LogP contribution < -0.4 is 9.47 Å². The van der Waals surface area contributed by atoms with Gasteiger partial charge in [-0.3, -0.25) is 0 Å². The first-order chi connectivity index (χ1) is 6.60. The molecule has 0 saturated carbocycles. The Labute approximate surface area is 108 Å². The molecule has 1 aromatic rings. The number of ether oxygens (including phenoxy) is 2. The van der Waals surface area contributed by atoms with Gasteiger partial charge in [0.15, 0.2) is 11.5 Å². The highest BCUT2D eigenvalue weighted by Gasteiger charge is 2.13. The van der Waals surface area contributed by atoms with Crippen molar-refractivity contribution in [3.8, 4) is 11.5 Å². The molecule has 1 rings (SSSR count). The van der Waals surface area contributed by atoms with Gasteiger partial charge < -0.3 is 9.47 Å². The molecular weight excluding hydrogens is 380 g/mol. The minimum Gasteiger partial charge on any atom is -0.493 e. The van der Waals surface area contributed by atoms with E-state index in [0.29, 0.717) is 11.5 Å². The monoisotopic (exact) mass is 385 g/mol. The predicted octanol–water partition coefficient (Wildman–Crippen LogP) is 4.05. The van der Waals surface area contributed by atoms with E-state index in [-0.39, 0.29) is 3.74 Å². The fourth-order valence-electron chi connectivity index (χ4n) is 0.994. The first-order valence-electron chi connectivity index (χ1n) is 3.72. The van der Waals surface area contributed by atoms with Crippen molar-refractivity contribution in [2.24, 2.45) is 0 Å².